The molecule has 0 amide bonds. The first-order valence-corrected chi connectivity index (χ1v) is 10.1. The highest BCUT2D eigenvalue weighted by Crippen LogP contribution is 2.44. The fourth-order valence-corrected chi connectivity index (χ4v) is 4.92. The number of nitrogens with one attached hydrogen (secondary N) is 1. The zero-order valence-corrected chi connectivity index (χ0v) is 17.8. The number of hydrogen-bond acceptors (Lipinski definition) is 3. The Bertz CT molecular complexity index is 450. The molecule has 144 valence electrons. The van der Waals surface area contributed by atoms with E-state index in [1.54, 1.807) is 0 Å². The van der Waals surface area contributed by atoms with Crippen LogP contribution in [-0.4, -0.2) is 62.5 Å². The summed E-state index contributed by atoms with van der Waals surface area (Å²) in [5, 5.41) is 3.75. The smallest absolute Gasteiger partial charge is 0.194 e. The van der Waals surface area contributed by atoms with E-state index < -0.39 is 0 Å². The Morgan fingerprint density at radius 1 is 1.00 bits per heavy atom. The zero-order valence-electron chi connectivity index (χ0n) is 15.5. The molecule has 0 aromatic carbocycles. The fraction of sp³-hybridized carbons (Fsp3) is 0.947. The molecule has 2 aliphatic heterocycles. The van der Waals surface area contributed by atoms with Crippen LogP contribution in [0.3, 0.4) is 0 Å². The quantitative estimate of drug-likeness (QED) is 0.397. The topological polar surface area (TPSA) is 46.1 Å². The van der Waals surface area contributed by atoms with Crippen LogP contribution in [0.2, 0.25) is 0 Å². The molecule has 6 heteroatoms. The van der Waals surface area contributed by atoms with Gasteiger partial charge in [-0.2, -0.15) is 0 Å². The summed E-state index contributed by atoms with van der Waals surface area (Å²) in [5.41, 5.74) is 0. The second kappa shape index (κ2) is 9.22. The molecule has 5 nitrogen and oxygen atoms in total. The molecule has 0 bridgehead atoms. The number of morpholine rings is 1. The highest BCUT2D eigenvalue weighted by molar-refractivity contribution is 14.0. The van der Waals surface area contributed by atoms with Gasteiger partial charge in [0.25, 0.3) is 0 Å². The lowest BCUT2D eigenvalue weighted by molar-refractivity contribution is -0.0817. The van der Waals surface area contributed by atoms with E-state index in [0.717, 1.165) is 50.5 Å². The minimum absolute atomic E-state index is 0. The standard InChI is InChI=1S/C19H33N3O2.HI/c1-20-19(21-16-12-15(16)14-6-3-2-4-7-14)22-9-11-24-18(13-22)17-8-5-10-23-17;/h14-18H,2-13H2,1H3,(H,20,21);1H. The number of ether oxygens (including phenoxy) is 2. The van der Waals surface area contributed by atoms with Crippen LogP contribution in [0.1, 0.15) is 51.4 Å². The molecule has 25 heavy (non-hydrogen) atoms. The minimum atomic E-state index is 0. The van der Waals surface area contributed by atoms with Gasteiger partial charge in [0.2, 0.25) is 0 Å². The number of hydrogen-bond donors (Lipinski definition) is 1. The Hall–Kier alpha value is -0.0800. The third kappa shape index (κ3) is 4.80. The largest absolute Gasteiger partial charge is 0.375 e. The predicted molar refractivity (Wildman–Crippen MR) is 111 cm³/mol. The lowest BCUT2D eigenvalue weighted by atomic mass is 9.85. The van der Waals surface area contributed by atoms with Crippen LogP contribution >= 0.6 is 24.0 Å². The number of rotatable bonds is 3. The van der Waals surface area contributed by atoms with Gasteiger partial charge < -0.3 is 19.7 Å². The molecule has 4 unspecified atom stereocenters. The van der Waals surface area contributed by atoms with Crippen LogP contribution in [0, 0.1) is 11.8 Å². The summed E-state index contributed by atoms with van der Waals surface area (Å²) < 4.78 is 11.8. The Morgan fingerprint density at radius 3 is 2.52 bits per heavy atom. The molecule has 2 heterocycles. The van der Waals surface area contributed by atoms with E-state index >= 15 is 0 Å². The molecular formula is C19H34IN3O2. The van der Waals surface area contributed by atoms with Crippen LogP contribution in [0.25, 0.3) is 0 Å². The summed E-state index contributed by atoms with van der Waals surface area (Å²) in [6.07, 6.45) is 11.3. The number of aliphatic imine (C=N–C) groups is 1. The van der Waals surface area contributed by atoms with Crippen molar-refractivity contribution >= 4 is 29.9 Å². The summed E-state index contributed by atoms with van der Waals surface area (Å²) in [4.78, 5) is 6.95. The summed E-state index contributed by atoms with van der Waals surface area (Å²) in [6, 6.07) is 0.649. The third-order valence-electron chi connectivity index (χ3n) is 6.39. The summed E-state index contributed by atoms with van der Waals surface area (Å²) >= 11 is 0. The van der Waals surface area contributed by atoms with Crippen molar-refractivity contribution in [3.05, 3.63) is 0 Å². The lowest BCUT2D eigenvalue weighted by Gasteiger charge is -2.37. The molecule has 0 aromatic heterocycles. The van der Waals surface area contributed by atoms with Gasteiger partial charge in [-0.1, -0.05) is 32.1 Å². The van der Waals surface area contributed by atoms with Gasteiger partial charge in [-0.25, -0.2) is 0 Å². The Kier molecular flexibility index (Phi) is 7.26. The van der Waals surface area contributed by atoms with Gasteiger partial charge >= 0.3 is 0 Å². The van der Waals surface area contributed by atoms with E-state index in [-0.39, 0.29) is 36.2 Å². The molecule has 0 radical (unpaired) electrons. The molecule has 0 aromatic rings. The van der Waals surface area contributed by atoms with Crippen LogP contribution in [0.4, 0.5) is 0 Å². The predicted octanol–water partition coefficient (Wildman–Crippen LogP) is 3.03. The van der Waals surface area contributed by atoms with Crippen LogP contribution < -0.4 is 5.32 Å². The average molecular weight is 463 g/mol. The Balaban J connectivity index is 0.00000182. The van der Waals surface area contributed by atoms with Gasteiger partial charge in [0.15, 0.2) is 5.96 Å². The highest BCUT2D eigenvalue weighted by Gasteiger charge is 2.44. The van der Waals surface area contributed by atoms with Gasteiger partial charge in [-0.15, -0.1) is 24.0 Å². The van der Waals surface area contributed by atoms with Crippen molar-refractivity contribution in [2.75, 3.05) is 33.4 Å². The molecule has 0 spiro atoms. The maximum Gasteiger partial charge on any atom is 0.194 e. The van der Waals surface area contributed by atoms with E-state index in [9.17, 15) is 0 Å². The first-order valence-electron chi connectivity index (χ1n) is 10.1. The van der Waals surface area contributed by atoms with Crippen molar-refractivity contribution in [2.45, 2.75) is 69.6 Å². The van der Waals surface area contributed by atoms with Crippen molar-refractivity contribution in [3.63, 3.8) is 0 Å². The van der Waals surface area contributed by atoms with Gasteiger partial charge in [-0.05, 0) is 31.1 Å². The molecule has 4 fully saturated rings. The van der Waals surface area contributed by atoms with Gasteiger partial charge in [0, 0.05) is 32.8 Å². The SMILES string of the molecule is CN=C(NC1CC1C1CCCCC1)N1CCOC(C2CCCO2)C1.I. The van der Waals surface area contributed by atoms with E-state index in [0.29, 0.717) is 6.04 Å². The summed E-state index contributed by atoms with van der Waals surface area (Å²) in [6.45, 7) is 3.51. The maximum atomic E-state index is 5.97. The van der Waals surface area contributed by atoms with Crippen molar-refractivity contribution < 1.29 is 9.47 Å². The van der Waals surface area contributed by atoms with Crippen molar-refractivity contribution in [1.82, 2.24) is 10.2 Å². The van der Waals surface area contributed by atoms with Crippen molar-refractivity contribution in [1.29, 1.82) is 0 Å². The van der Waals surface area contributed by atoms with Gasteiger partial charge in [0.05, 0.1) is 12.7 Å². The first-order chi connectivity index (χ1) is 11.8. The van der Waals surface area contributed by atoms with E-state index in [4.69, 9.17) is 9.47 Å². The van der Waals surface area contributed by atoms with E-state index in [1.807, 2.05) is 7.05 Å². The molecule has 4 rings (SSSR count). The van der Waals surface area contributed by atoms with Gasteiger partial charge in [-0.3, -0.25) is 4.99 Å². The molecule has 2 aliphatic carbocycles. The molecular weight excluding hydrogens is 429 g/mol. The molecule has 2 saturated carbocycles. The maximum absolute atomic E-state index is 5.97. The average Bonchev–Trinajstić information content (AvgIpc) is 3.19. The fourth-order valence-electron chi connectivity index (χ4n) is 4.92. The summed E-state index contributed by atoms with van der Waals surface area (Å²) in [7, 11) is 1.91. The second-order valence-electron chi connectivity index (χ2n) is 8.00. The minimum Gasteiger partial charge on any atom is -0.375 e. The van der Waals surface area contributed by atoms with Crippen LogP contribution in [0.5, 0.6) is 0 Å². The first kappa shape index (κ1) is 19.7. The Labute approximate surface area is 169 Å². The van der Waals surface area contributed by atoms with Crippen molar-refractivity contribution in [2.24, 2.45) is 16.8 Å². The third-order valence-corrected chi connectivity index (χ3v) is 6.39. The van der Waals surface area contributed by atoms with Crippen molar-refractivity contribution in [3.8, 4) is 0 Å². The Morgan fingerprint density at radius 2 is 1.80 bits per heavy atom. The number of guanidine groups is 1. The highest BCUT2D eigenvalue weighted by atomic mass is 127. The van der Waals surface area contributed by atoms with Crippen LogP contribution in [0.15, 0.2) is 4.99 Å². The molecule has 4 atom stereocenters. The lowest BCUT2D eigenvalue weighted by Crippen LogP contribution is -2.53. The molecule has 2 saturated heterocycles. The molecule has 1 N–H and O–H groups in total. The van der Waals surface area contributed by atoms with E-state index in [1.165, 1.54) is 44.9 Å². The van der Waals surface area contributed by atoms with E-state index in [2.05, 4.69) is 15.2 Å². The summed E-state index contributed by atoms with van der Waals surface area (Å²) in [5.74, 6) is 2.92. The zero-order chi connectivity index (χ0) is 16.4. The second-order valence-corrected chi connectivity index (χ2v) is 8.00. The van der Waals surface area contributed by atoms with Gasteiger partial charge in [0.1, 0.15) is 6.10 Å². The monoisotopic (exact) mass is 463 g/mol. The van der Waals surface area contributed by atoms with Crippen LogP contribution in [-0.2, 0) is 9.47 Å². The normalized spacial score (nSPS) is 36.8. The number of nitrogens with zero attached hydrogens (tertiary/aromatic N) is 2. The number of halogens is 1. The molecule has 4 aliphatic rings.